The minimum absolute atomic E-state index is 0.0948. The molecule has 2 N–H and O–H groups in total. The highest BCUT2D eigenvalue weighted by Crippen LogP contribution is 2.33. The lowest BCUT2D eigenvalue weighted by Crippen LogP contribution is -2.83. The zero-order valence-electron chi connectivity index (χ0n) is 16.4. The van der Waals surface area contributed by atoms with Gasteiger partial charge in [0.25, 0.3) is 0 Å². The molecule has 0 spiro atoms. The molecule has 0 unspecified atom stereocenters. The molecular weight excluding hydrogens is 384 g/mol. The van der Waals surface area contributed by atoms with Crippen molar-refractivity contribution in [2.45, 2.75) is 12.6 Å². The molecule has 0 saturated heterocycles. The number of benzene rings is 2. The number of aromatic nitrogens is 1. The molecule has 0 aliphatic rings. The van der Waals surface area contributed by atoms with Gasteiger partial charge in [-0.2, -0.15) is 0 Å². The van der Waals surface area contributed by atoms with Crippen LogP contribution in [0.1, 0.15) is 23.1 Å². The third-order valence-electron chi connectivity index (χ3n) is 4.75. The minimum Gasteiger partial charge on any atom is -0.493 e. The van der Waals surface area contributed by atoms with Crippen molar-refractivity contribution < 1.29 is 19.2 Å². The second-order valence-corrected chi connectivity index (χ2v) is 7.42. The standard InChI is InChI=1S/C23H22N2O3S/c1-26-19-11-10-17(13-21(19)27-2)23-25-18(15-29-23)14-24-22(20-9-6-12-28-20)16-7-4-3-5-8-16/h3-13,15,22,24H,14H2,1-2H3/p+1/t22-/m0/s1. The van der Waals surface area contributed by atoms with E-state index < -0.39 is 0 Å². The molecule has 2 aromatic carbocycles. The zero-order valence-corrected chi connectivity index (χ0v) is 17.2. The van der Waals surface area contributed by atoms with Crippen LogP contribution in [0.25, 0.3) is 10.6 Å². The van der Waals surface area contributed by atoms with Crippen molar-refractivity contribution in [3.05, 3.63) is 89.3 Å². The van der Waals surface area contributed by atoms with Gasteiger partial charge in [0, 0.05) is 16.5 Å². The number of nitrogens with two attached hydrogens (primary N) is 1. The van der Waals surface area contributed by atoms with Gasteiger partial charge in [0.2, 0.25) is 0 Å². The van der Waals surface area contributed by atoms with Gasteiger partial charge < -0.3 is 19.2 Å². The average molecular weight is 408 g/mol. The smallest absolute Gasteiger partial charge is 0.170 e. The van der Waals surface area contributed by atoms with Crippen molar-refractivity contribution in [2.24, 2.45) is 0 Å². The Kier molecular flexibility index (Phi) is 5.93. The van der Waals surface area contributed by atoms with Crippen LogP contribution >= 0.6 is 11.3 Å². The summed E-state index contributed by atoms with van der Waals surface area (Å²) in [5.74, 6) is 2.35. The number of rotatable bonds is 8. The lowest BCUT2D eigenvalue weighted by atomic mass is 10.0. The summed E-state index contributed by atoms with van der Waals surface area (Å²) in [4.78, 5) is 4.82. The SMILES string of the molecule is COc1ccc(-c2nc(C[NH2+][C@@H](c3ccccc3)c3ccco3)cs2)cc1OC. The van der Waals surface area contributed by atoms with E-state index in [4.69, 9.17) is 18.9 Å². The van der Waals surface area contributed by atoms with Crippen LogP contribution in [0.4, 0.5) is 0 Å². The molecule has 0 fully saturated rings. The summed E-state index contributed by atoms with van der Waals surface area (Å²) in [6, 6.07) is 20.3. The number of nitrogens with zero attached hydrogens (tertiary/aromatic N) is 1. The van der Waals surface area contributed by atoms with Crippen molar-refractivity contribution in [3.63, 3.8) is 0 Å². The summed E-state index contributed by atoms with van der Waals surface area (Å²) in [6.07, 6.45) is 1.72. The second-order valence-electron chi connectivity index (χ2n) is 6.56. The van der Waals surface area contributed by atoms with Crippen LogP contribution in [0.2, 0.25) is 0 Å². The quantitative estimate of drug-likeness (QED) is 0.474. The largest absolute Gasteiger partial charge is 0.493 e. The molecule has 2 aromatic heterocycles. The van der Waals surface area contributed by atoms with Gasteiger partial charge in [-0.3, -0.25) is 0 Å². The summed E-state index contributed by atoms with van der Waals surface area (Å²) in [5.41, 5.74) is 3.26. The summed E-state index contributed by atoms with van der Waals surface area (Å²) in [7, 11) is 3.28. The number of furan rings is 1. The van der Waals surface area contributed by atoms with E-state index in [1.807, 2.05) is 36.4 Å². The van der Waals surface area contributed by atoms with Crippen molar-refractivity contribution in [2.75, 3.05) is 14.2 Å². The fourth-order valence-electron chi connectivity index (χ4n) is 3.29. The first-order chi connectivity index (χ1) is 14.3. The van der Waals surface area contributed by atoms with Crippen LogP contribution in [-0.4, -0.2) is 19.2 Å². The van der Waals surface area contributed by atoms with Crippen LogP contribution in [0, 0.1) is 0 Å². The predicted octanol–water partition coefficient (Wildman–Crippen LogP) is 4.27. The monoisotopic (exact) mass is 407 g/mol. The molecule has 1 atom stereocenters. The van der Waals surface area contributed by atoms with E-state index in [2.05, 4.69) is 35.0 Å². The Morgan fingerprint density at radius 3 is 2.55 bits per heavy atom. The van der Waals surface area contributed by atoms with E-state index in [1.165, 1.54) is 5.56 Å². The van der Waals surface area contributed by atoms with E-state index in [1.54, 1.807) is 31.8 Å². The van der Waals surface area contributed by atoms with E-state index in [-0.39, 0.29) is 6.04 Å². The summed E-state index contributed by atoms with van der Waals surface area (Å²) >= 11 is 1.63. The molecule has 5 nitrogen and oxygen atoms in total. The maximum atomic E-state index is 5.69. The van der Waals surface area contributed by atoms with Crippen LogP contribution < -0.4 is 14.8 Å². The van der Waals surface area contributed by atoms with Crippen LogP contribution in [0.3, 0.4) is 0 Å². The summed E-state index contributed by atoms with van der Waals surface area (Å²) < 4.78 is 16.4. The summed E-state index contributed by atoms with van der Waals surface area (Å²) in [5, 5.41) is 5.32. The number of thiazole rings is 1. The average Bonchev–Trinajstić information content (AvgIpc) is 3.47. The van der Waals surface area contributed by atoms with Gasteiger partial charge in [-0.1, -0.05) is 30.3 Å². The lowest BCUT2D eigenvalue weighted by molar-refractivity contribution is -0.704. The van der Waals surface area contributed by atoms with Crippen LogP contribution in [-0.2, 0) is 6.54 Å². The molecule has 2 heterocycles. The van der Waals surface area contributed by atoms with Gasteiger partial charge in [-0.15, -0.1) is 11.3 Å². The number of ether oxygens (including phenoxy) is 2. The maximum Gasteiger partial charge on any atom is 0.170 e. The van der Waals surface area contributed by atoms with E-state index >= 15 is 0 Å². The minimum atomic E-state index is 0.0948. The number of hydrogen-bond donors (Lipinski definition) is 1. The van der Waals surface area contributed by atoms with Gasteiger partial charge in [-0.25, -0.2) is 4.98 Å². The number of hydrogen-bond acceptors (Lipinski definition) is 5. The normalized spacial score (nSPS) is 11.9. The molecule has 148 valence electrons. The number of quaternary nitrogens is 1. The van der Waals surface area contributed by atoms with Crippen LogP contribution in [0.15, 0.2) is 76.7 Å². The highest BCUT2D eigenvalue weighted by atomic mass is 32.1. The van der Waals surface area contributed by atoms with Gasteiger partial charge in [-0.05, 0) is 30.3 Å². The molecule has 0 radical (unpaired) electrons. The Morgan fingerprint density at radius 1 is 1.00 bits per heavy atom. The van der Waals surface area contributed by atoms with Crippen molar-refractivity contribution in [3.8, 4) is 22.1 Å². The third-order valence-corrected chi connectivity index (χ3v) is 5.69. The molecule has 4 rings (SSSR count). The lowest BCUT2D eigenvalue weighted by Gasteiger charge is -2.13. The van der Waals surface area contributed by atoms with E-state index in [9.17, 15) is 0 Å². The molecule has 0 bridgehead atoms. The van der Waals surface area contributed by atoms with Crippen molar-refractivity contribution in [1.29, 1.82) is 0 Å². The first kappa shape index (κ1) is 19.2. The Hall–Kier alpha value is -3.09. The van der Waals surface area contributed by atoms with E-state index in [0.717, 1.165) is 28.6 Å². The molecule has 0 saturated carbocycles. The highest BCUT2D eigenvalue weighted by molar-refractivity contribution is 7.13. The molecular formula is C23H23N2O3S+. The van der Waals surface area contributed by atoms with Crippen molar-refractivity contribution in [1.82, 2.24) is 4.98 Å². The first-order valence-corrected chi connectivity index (χ1v) is 10.2. The van der Waals surface area contributed by atoms with Crippen molar-refractivity contribution >= 4 is 11.3 Å². The fraction of sp³-hybridized carbons (Fsp3) is 0.174. The fourth-order valence-corrected chi connectivity index (χ4v) is 4.12. The Labute approximate surface area is 173 Å². The maximum absolute atomic E-state index is 5.69. The molecule has 6 heteroatoms. The van der Waals surface area contributed by atoms with Crippen LogP contribution in [0.5, 0.6) is 11.5 Å². The Balaban J connectivity index is 1.51. The van der Waals surface area contributed by atoms with Gasteiger partial charge in [0.05, 0.1) is 20.5 Å². The first-order valence-electron chi connectivity index (χ1n) is 9.37. The summed E-state index contributed by atoms with van der Waals surface area (Å²) in [6.45, 7) is 0.754. The van der Waals surface area contributed by atoms with E-state index in [0.29, 0.717) is 11.5 Å². The molecule has 29 heavy (non-hydrogen) atoms. The van der Waals surface area contributed by atoms with Gasteiger partial charge in [0.15, 0.2) is 23.3 Å². The molecule has 0 aliphatic carbocycles. The third kappa shape index (κ3) is 4.34. The highest BCUT2D eigenvalue weighted by Gasteiger charge is 2.20. The second kappa shape index (κ2) is 8.94. The zero-order chi connectivity index (χ0) is 20.1. The van der Waals surface area contributed by atoms with Gasteiger partial charge >= 0.3 is 0 Å². The molecule has 0 aliphatic heterocycles. The Bertz CT molecular complexity index is 1050. The molecule has 4 aromatic rings. The predicted molar refractivity (Wildman–Crippen MR) is 113 cm³/mol. The topological polar surface area (TPSA) is 61.1 Å². The number of methoxy groups -OCH3 is 2. The molecule has 0 amide bonds. The van der Waals surface area contributed by atoms with Gasteiger partial charge in [0.1, 0.15) is 17.2 Å². The Morgan fingerprint density at radius 2 is 1.83 bits per heavy atom.